The highest BCUT2D eigenvalue weighted by Gasteiger charge is 2.41. The van der Waals surface area contributed by atoms with Gasteiger partial charge in [0, 0.05) is 19.6 Å². The molecule has 0 saturated carbocycles. The van der Waals surface area contributed by atoms with Crippen molar-refractivity contribution < 1.29 is 18.0 Å². The normalized spacial score (nSPS) is 22.4. The standard InChI is InChI=1S/C14H25N5O4S.HI/c1-4-15-12(16-5-6-19-11(20)9-17-13(19)21)18-7-8-24(22,23)14(2,3)10-18;/h4-10H2,1-3H3,(H,15,16)(H,17,21);1H. The lowest BCUT2D eigenvalue weighted by Gasteiger charge is -2.39. The van der Waals surface area contributed by atoms with Crippen molar-refractivity contribution in [3.63, 3.8) is 0 Å². The molecule has 0 bridgehead atoms. The lowest BCUT2D eigenvalue weighted by molar-refractivity contribution is -0.124. The minimum absolute atomic E-state index is 0. The molecule has 3 amide bonds. The fourth-order valence-electron chi connectivity index (χ4n) is 2.69. The molecular formula is C14H26IN5O4S. The highest BCUT2D eigenvalue weighted by atomic mass is 127. The van der Waals surface area contributed by atoms with Gasteiger partial charge in [0.1, 0.15) is 0 Å². The van der Waals surface area contributed by atoms with E-state index in [-0.39, 0.29) is 55.3 Å². The van der Waals surface area contributed by atoms with Crippen molar-refractivity contribution in [2.45, 2.75) is 25.5 Å². The van der Waals surface area contributed by atoms with E-state index in [2.05, 4.69) is 15.6 Å². The first-order valence-electron chi connectivity index (χ1n) is 8.02. The number of halogens is 1. The maximum atomic E-state index is 12.1. The Kier molecular flexibility index (Phi) is 7.47. The summed E-state index contributed by atoms with van der Waals surface area (Å²) in [5.41, 5.74) is 0. The number of hydrogen-bond acceptors (Lipinski definition) is 5. The highest BCUT2D eigenvalue weighted by Crippen LogP contribution is 2.23. The minimum atomic E-state index is -3.12. The number of aliphatic imine (C=N–C) groups is 1. The molecule has 2 heterocycles. The molecule has 0 atom stereocenters. The van der Waals surface area contributed by atoms with Crippen LogP contribution in [-0.4, -0.2) is 85.9 Å². The van der Waals surface area contributed by atoms with Gasteiger partial charge in [-0.3, -0.25) is 14.7 Å². The number of hydrogen-bond donors (Lipinski definition) is 2. The van der Waals surface area contributed by atoms with Crippen LogP contribution in [0.2, 0.25) is 0 Å². The van der Waals surface area contributed by atoms with Crippen LogP contribution >= 0.6 is 24.0 Å². The Labute approximate surface area is 165 Å². The van der Waals surface area contributed by atoms with Crippen molar-refractivity contribution in [3.8, 4) is 0 Å². The van der Waals surface area contributed by atoms with Crippen molar-refractivity contribution in [3.05, 3.63) is 0 Å². The molecule has 0 aromatic heterocycles. The molecule has 25 heavy (non-hydrogen) atoms. The predicted molar refractivity (Wildman–Crippen MR) is 106 cm³/mol. The van der Waals surface area contributed by atoms with Gasteiger partial charge in [0.05, 0.1) is 30.1 Å². The molecule has 2 N–H and O–H groups in total. The number of carbonyl (C=O) groups excluding carboxylic acids is 2. The largest absolute Gasteiger partial charge is 0.357 e. The van der Waals surface area contributed by atoms with Crippen LogP contribution in [0.1, 0.15) is 20.8 Å². The molecule has 0 aromatic carbocycles. The van der Waals surface area contributed by atoms with Gasteiger partial charge in [0.2, 0.25) is 5.91 Å². The molecule has 2 fully saturated rings. The third kappa shape index (κ3) is 4.96. The number of amides is 3. The second-order valence-electron chi connectivity index (χ2n) is 6.44. The third-order valence-electron chi connectivity index (χ3n) is 4.20. The number of sulfone groups is 1. The molecule has 2 saturated heterocycles. The van der Waals surface area contributed by atoms with Gasteiger partial charge in [-0.2, -0.15) is 0 Å². The summed E-state index contributed by atoms with van der Waals surface area (Å²) in [5.74, 6) is 0.426. The first kappa shape index (κ1) is 21.9. The Balaban J connectivity index is 0.00000312. The fourth-order valence-corrected chi connectivity index (χ4v) is 4.05. The number of urea groups is 1. The van der Waals surface area contributed by atoms with Crippen molar-refractivity contribution in [2.24, 2.45) is 4.99 Å². The van der Waals surface area contributed by atoms with Crippen LogP contribution in [0.4, 0.5) is 4.79 Å². The van der Waals surface area contributed by atoms with Gasteiger partial charge in [0.15, 0.2) is 15.8 Å². The number of guanidine groups is 1. The zero-order valence-corrected chi connectivity index (χ0v) is 17.9. The fraction of sp³-hybridized carbons (Fsp3) is 0.786. The SMILES string of the molecule is CCNC(=NCCN1C(=O)CNC1=O)N1CCS(=O)(=O)C(C)(C)C1.I. The Morgan fingerprint density at radius 1 is 1.36 bits per heavy atom. The first-order chi connectivity index (χ1) is 11.2. The van der Waals surface area contributed by atoms with E-state index in [1.54, 1.807) is 13.8 Å². The summed E-state index contributed by atoms with van der Waals surface area (Å²) in [5, 5.41) is 5.60. The number of nitrogens with one attached hydrogen (secondary N) is 2. The molecule has 2 aliphatic heterocycles. The minimum Gasteiger partial charge on any atom is -0.357 e. The summed E-state index contributed by atoms with van der Waals surface area (Å²) in [7, 11) is -3.12. The van der Waals surface area contributed by atoms with Gasteiger partial charge in [-0.15, -0.1) is 24.0 Å². The Bertz CT molecular complexity index is 634. The molecule has 0 aromatic rings. The lowest BCUT2D eigenvalue weighted by Crippen LogP contribution is -2.57. The second-order valence-corrected chi connectivity index (χ2v) is 9.18. The van der Waals surface area contributed by atoms with Gasteiger partial charge < -0.3 is 15.5 Å². The summed E-state index contributed by atoms with van der Waals surface area (Å²) in [6.45, 7) is 7.23. The van der Waals surface area contributed by atoms with Crippen molar-refractivity contribution >= 4 is 51.7 Å². The van der Waals surface area contributed by atoms with Crippen LogP contribution in [0.15, 0.2) is 4.99 Å². The molecule has 0 aliphatic carbocycles. The number of rotatable bonds is 4. The van der Waals surface area contributed by atoms with Gasteiger partial charge in [-0.1, -0.05) is 0 Å². The quantitative estimate of drug-likeness (QED) is 0.242. The van der Waals surface area contributed by atoms with E-state index >= 15 is 0 Å². The van der Waals surface area contributed by atoms with Crippen molar-refractivity contribution in [1.29, 1.82) is 0 Å². The van der Waals surface area contributed by atoms with Crippen molar-refractivity contribution in [2.75, 3.05) is 45.0 Å². The summed E-state index contributed by atoms with van der Waals surface area (Å²) in [6.07, 6.45) is 0. The number of nitrogens with zero attached hydrogens (tertiary/aromatic N) is 3. The molecule has 9 nitrogen and oxygen atoms in total. The molecule has 0 spiro atoms. The van der Waals surface area contributed by atoms with Crippen LogP contribution in [-0.2, 0) is 14.6 Å². The van der Waals surface area contributed by atoms with E-state index < -0.39 is 20.6 Å². The maximum Gasteiger partial charge on any atom is 0.324 e. The van der Waals surface area contributed by atoms with Crippen LogP contribution in [0.25, 0.3) is 0 Å². The van der Waals surface area contributed by atoms with Crippen LogP contribution in [0.5, 0.6) is 0 Å². The molecule has 0 unspecified atom stereocenters. The van der Waals surface area contributed by atoms with E-state index in [1.165, 1.54) is 0 Å². The molecule has 0 radical (unpaired) electrons. The monoisotopic (exact) mass is 487 g/mol. The maximum absolute atomic E-state index is 12.1. The summed E-state index contributed by atoms with van der Waals surface area (Å²) in [6, 6.07) is -0.398. The molecule has 2 aliphatic rings. The summed E-state index contributed by atoms with van der Waals surface area (Å²) >= 11 is 0. The average molecular weight is 487 g/mol. The van der Waals surface area contributed by atoms with Crippen LogP contribution in [0, 0.1) is 0 Å². The Morgan fingerprint density at radius 2 is 2.04 bits per heavy atom. The summed E-state index contributed by atoms with van der Waals surface area (Å²) < 4.78 is 23.4. The number of imide groups is 1. The zero-order chi connectivity index (χ0) is 18.0. The van der Waals surface area contributed by atoms with Crippen LogP contribution in [0.3, 0.4) is 0 Å². The van der Waals surface area contributed by atoms with Crippen LogP contribution < -0.4 is 10.6 Å². The average Bonchev–Trinajstić information content (AvgIpc) is 2.81. The van der Waals surface area contributed by atoms with E-state index in [9.17, 15) is 18.0 Å². The summed E-state index contributed by atoms with van der Waals surface area (Å²) in [4.78, 5) is 30.5. The van der Waals surface area contributed by atoms with Gasteiger partial charge in [0.25, 0.3) is 0 Å². The topological polar surface area (TPSA) is 111 Å². The van der Waals surface area contributed by atoms with E-state index in [0.717, 1.165) is 4.90 Å². The highest BCUT2D eigenvalue weighted by molar-refractivity contribution is 14.0. The van der Waals surface area contributed by atoms with Gasteiger partial charge >= 0.3 is 6.03 Å². The first-order valence-corrected chi connectivity index (χ1v) is 9.67. The zero-order valence-electron chi connectivity index (χ0n) is 14.7. The van der Waals surface area contributed by atoms with E-state index in [1.807, 2.05) is 11.8 Å². The Hall–Kier alpha value is -1.11. The van der Waals surface area contributed by atoms with Crippen molar-refractivity contribution in [1.82, 2.24) is 20.4 Å². The van der Waals surface area contributed by atoms with E-state index in [4.69, 9.17) is 0 Å². The van der Waals surface area contributed by atoms with Gasteiger partial charge in [-0.25, -0.2) is 13.2 Å². The molecule has 11 heteroatoms. The Morgan fingerprint density at radius 3 is 2.56 bits per heavy atom. The third-order valence-corrected chi connectivity index (χ3v) is 6.73. The van der Waals surface area contributed by atoms with Gasteiger partial charge in [-0.05, 0) is 20.8 Å². The smallest absolute Gasteiger partial charge is 0.324 e. The number of carbonyl (C=O) groups is 2. The second kappa shape index (κ2) is 8.52. The predicted octanol–water partition coefficient (Wildman–Crippen LogP) is -0.369. The molecule has 2 rings (SSSR count). The van der Waals surface area contributed by atoms with E-state index in [0.29, 0.717) is 25.6 Å². The lowest BCUT2D eigenvalue weighted by atomic mass is 10.2. The molecule has 144 valence electrons. The molecular weight excluding hydrogens is 461 g/mol.